The predicted octanol–water partition coefficient (Wildman–Crippen LogP) is 1.76. The Balaban J connectivity index is 3.08. The van der Waals surface area contributed by atoms with Crippen molar-refractivity contribution in [2.45, 2.75) is 0 Å². The second-order valence-electron chi connectivity index (χ2n) is 4.17. The van der Waals surface area contributed by atoms with Crippen molar-refractivity contribution in [1.82, 2.24) is 5.32 Å². The number of esters is 1. The number of nitriles is 1. The summed E-state index contributed by atoms with van der Waals surface area (Å²) in [5.41, 5.74) is 4.86. The fraction of sp³-hybridized carbons (Fsp3) is 0.143. The standard InChI is InChI=1S/C14H11BrClN3O5/c1-23-11(20)6-24-12-9(15)3-7(4-10(12)16)2-8(5-17)13(21)19-14(18)22/h2-4H,6H2,1H3,(H3,18,19,21,22)/b8-2-. The zero-order chi connectivity index (χ0) is 18.3. The van der Waals surface area contributed by atoms with E-state index in [4.69, 9.17) is 27.3 Å². The van der Waals surface area contributed by atoms with Crippen molar-refractivity contribution >= 4 is 51.5 Å². The average Bonchev–Trinajstić information content (AvgIpc) is 2.50. The Kier molecular flexibility index (Phi) is 7.23. The van der Waals surface area contributed by atoms with Crippen LogP contribution in [-0.2, 0) is 14.3 Å². The number of nitrogens with one attached hydrogen (secondary N) is 1. The van der Waals surface area contributed by atoms with Gasteiger partial charge in [-0.2, -0.15) is 5.26 Å². The zero-order valence-electron chi connectivity index (χ0n) is 12.3. The van der Waals surface area contributed by atoms with E-state index in [-0.39, 0.29) is 23.0 Å². The van der Waals surface area contributed by atoms with E-state index >= 15 is 0 Å². The molecule has 0 bridgehead atoms. The molecule has 0 heterocycles. The number of nitrogens with zero attached hydrogens (tertiary/aromatic N) is 1. The van der Waals surface area contributed by atoms with Gasteiger partial charge in [-0.05, 0) is 39.7 Å². The molecule has 0 atom stereocenters. The van der Waals surface area contributed by atoms with Crippen molar-refractivity contribution in [2.24, 2.45) is 5.73 Å². The van der Waals surface area contributed by atoms with E-state index in [1.54, 1.807) is 11.4 Å². The first-order chi connectivity index (χ1) is 11.3. The van der Waals surface area contributed by atoms with Crippen molar-refractivity contribution in [1.29, 1.82) is 5.26 Å². The molecule has 126 valence electrons. The van der Waals surface area contributed by atoms with Crippen LogP contribution >= 0.6 is 27.5 Å². The molecule has 3 amide bonds. The second kappa shape index (κ2) is 8.90. The Labute approximate surface area is 150 Å². The average molecular weight is 417 g/mol. The molecule has 3 N–H and O–H groups in total. The summed E-state index contributed by atoms with van der Waals surface area (Å²) >= 11 is 9.27. The number of hydrogen-bond donors (Lipinski definition) is 2. The molecule has 1 aromatic carbocycles. The minimum atomic E-state index is -1.08. The third kappa shape index (κ3) is 5.57. The monoisotopic (exact) mass is 415 g/mol. The molecular weight excluding hydrogens is 406 g/mol. The van der Waals surface area contributed by atoms with Crippen LogP contribution in [0.15, 0.2) is 22.2 Å². The largest absolute Gasteiger partial charge is 0.479 e. The van der Waals surface area contributed by atoms with E-state index in [0.29, 0.717) is 10.0 Å². The van der Waals surface area contributed by atoms with E-state index in [1.807, 2.05) is 0 Å². The van der Waals surface area contributed by atoms with Gasteiger partial charge in [-0.15, -0.1) is 0 Å². The fourth-order valence-electron chi connectivity index (χ4n) is 1.49. The van der Waals surface area contributed by atoms with Crippen LogP contribution in [0.1, 0.15) is 5.56 Å². The highest BCUT2D eigenvalue weighted by Gasteiger charge is 2.14. The summed E-state index contributed by atoms with van der Waals surface area (Å²) in [5, 5.41) is 10.9. The number of rotatable bonds is 5. The van der Waals surface area contributed by atoms with Crippen molar-refractivity contribution < 1.29 is 23.9 Å². The third-order valence-electron chi connectivity index (χ3n) is 2.50. The number of benzene rings is 1. The van der Waals surface area contributed by atoms with Gasteiger partial charge in [-0.1, -0.05) is 11.6 Å². The maximum atomic E-state index is 11.6. The molecule has 0 aromatic heterocycles. The van der Waals surface area contributed by atoms with Gasteiger partial charge in [0, 0.05) is 0 Å². The lowest BCUT2D eigenvalue weighted by atomic mass is 10.1. The molecule has 0 fully saturated rings. The highest BCUT2D eigenvalue weighted by atomic mass is 79.9. The molecule has 0 aliphatic carbocycles. The van der Waals surface area contributed by atoms with E-state index in [2.05, 4.69) is 20.7 Å². The summed E-state index contributed by atoms with van der Waals surface area (Å²) in [6.07, 6.45) is 1.21. The molecule has 0 aliphatic heterocycles. The number of primary amides is 1. The molecule has 8 nitrogen and oxygen atoms in total. The normalized spacial score (nSPS) is 10.5. The number of nitrogens with two attached hydrogens (primary N) is 1. The number of hydrogen-bond acceptors (Lipinski definition) is 6. The van der Waals surface area contributed by atoms with Gasteiger partial charge in [0.15, 0.2) is 12.4 Å². The fourth-order valence-corrected chi connectivity index (χ4v) is 2.47. The van der Waals surface area contributed by atoms with Gasteiger partial charge in [-0.25, -0.2) is 9.59 Å². The highest BCUT2D eigenvalue weighted by Crippen LogP contribution is 2.35. The Bertz CT molecular complexity index is 734. The lowest BCUT2D eigenvalue weighted by Gasteiger charge is -2.10. The van der Waals surface area contributed by atoms with Crippen molar-refractivity contribution in [3.63, 3.8) is 0 Å². The van der Waals surface area contributed by atoms with E-state index < -0.39 is 17.9 Å². The van der Waals surface area contributed by atoms with Crippen LogP contribution in [0.5, 0.6) is 5.75 Å². The van der Waals surface area contributed by atoms with Crippen molar-refractivity contribution in [3.8, 4) is 11.8 Å². The maximum absolute atomic E-state index is 11.6. The summed E-state index contributed by atoms with van der Waals surface area (Å²) < 4.78 is 10.1. The van der Waals surface area contributed by atoms with Gasteiger partial charge < -0.3 is 15.2 Å². The Hall–Kier alpha value is -2.57. The van der Waals surface area contributed by atoms with Gasteiger partial charge in [0.2, 0.25) is 0 Å². The van der Waals surface area contributed by atoms with Gasteiger partial charge in [0.25, 0.3) is 5.91 Å². The number of urea groups is 1. The van der Waals surface area contributed by atoms with E-state index in [0.717, 1.165) is 0 Å². The van der Waals surface area contributed by atoms with Gasteiger partial charge in [-0.3, -0.25) is 10.1 Å². The van der Waals surface area contributed by atoms with Gasteiger partial charge >= 0.3 is 12.0 Å². The third-order valence-corrected chi connectivity index (χ3v) is 3.37. The number of halogens is 2. The summed E-state index contributed by atoms with van der Waals surface area (Å²) in [6.45, 7) is -0.339. The van der Waals surface area contributed by atoms with Crippen molar-refractivity contribution in [2.75, 3.05) is 13.7 Å². The molecule has 24 heavy (non-hydrogen) atoms. The van der Waals surface area contributed by atoms with Crippen LogP contribution < -0.4 is 15.8 Å². The van der Waals surface area contributed by atoms with E-state index in [1.165, 1.54) is 25.3 Å². The smallest absolute Gasteiger partial charge is 0.343 e. The first-order valence-corrected chi connectivity index (χ1v) is 7.36. The molecule has 0 aliphatic rings. The SMILES string of the molecule is COC(=O)COc1c(Cl)cc(/C=C(/C#N)C(=O)NC(N)=O)cc1Br. The van der Waals surface area contributed by atoms with Gasteiger partial charge in [0.1, 0.15) is 11.6 Å². The van der Waals surface area contributed by atoms with Crippen LogP contribution in [0.3, 0.4) is 0 Å². The molecular formula is C14H11BrClN3O5. The first-order valence-electron chi connectivity index (χ1n) is 6.19. The van der Waals surface area contributed by atoms with Crippen LogP contribution in [0.2, 0.25) is 5.02 Å². The molecule has 0 radical (unpaired) electrons. The summed E-state index contributed by atoms with van der Waals surface area (Å²) in [4.78, 5) is 33.4. The molecule has 0 unspecified atom stereocenters. The molecule has 1 rings (SSSR count). The highest BCUT2D eigenvalue weighted by molar-refractivity contribution is 9.10. The van der Waals surface area contributed by atoms with Crippen LogP contribution in [0.4, 0.5) is 4.79 Å². The van der Waals surface area contributed by atoms with Crippen LogP contribution in [-0.4, -0.2) is 31.6 Å². The molecule has 1 aromatic rings. The number of carbonyl (C=O) groups is 3. The van der Waals surface area contributed by atoms with Crippen molar-refractivity contribution in [3.05, 3.63) is 32.8 Å². The first kappa shape index (κ1) is 19.5. The topological polar surface area (TPSA) is 132 Å². The summed E-state index contributed by atoms with van der Waals surface area (Å²) in [6, 6.07) is 3.49. The molecule has 0 saturated carbocycles. The Morgan fingerprint density at radius 1 is 1.46 bits per heavy atom. The number of amides is 3. The molecule has 0 saturated heterocycles. The number of imide groups is 1. The lowest BCUT2D eigenvalue weighted by Crippen LogP contribution is -2.35. The lowest BCUT2D eigenvalue weighted by molar-refractivity contribution is -0.142. The maximum Gasteiger partial charge on any atom is 0.343 e. The Morgan fingerprint density at radius 3 is 2.62 bits per heavy atom. The van der Waals surface area contributed by atoms with Crippen LogP contribution in [0.25, 0.3) is 6.08 Å². The number of methoxy groups -OCH3 is 1. The minimum absolute atomic E-state index is 0.132. The summed E-state index contributed by atoms with van der Waals surface area (Å²) in [7, 11) is 1.22. The Morgan fingerprint density at radius 2 is 2.12 bits per heavy atom. The predicted molar refractivity (Wildman–Crippen MR) is 88.0 cm³/mol. The number of ether oxygens (including phenoxy) is 2. The summed E-state index contributed by atoms with van der Waals surface area (Å²) in [5.74, 6) is -1.33. The number of carbonyl (C=O) groups excluding carboxylic acids is 3. The molecule has 0 spiro atoms. The van der Waals surface area contributed by atoms with Crippen LogP contribution in [0, 0.1) is 11.3 Å². The minimum Gasteiger partial charge on any atom is -0.479 e. The second-order valence-corrected chi connectivity index (χ2v) is 5.43. The van der Waals surface area contributed by atoms with E-state index in [9.17, 15) is 14.4 Å². The quantitative estimate of drug-likeness (QED) is 0.427. The van der Waals surface area contributed by atoms with Gasteiger partial charge in [0.05, 0.1) is 16.6 Å². The molecule has 10 heteroatoms. The zero-order valence-corrected chi connectivity index (χ0v) is 14.6.